The number of amides is 2. The number of ether oxygens (including phenoxy) is 1. The average Bonchev–Trinajstić information content (AvgIpc) is 2.84. The SMILES string of the molecule is CC1CCOC2Cn3cc(C(=O)NCc4cc(SCC(N)C(=O)O)c(F)cc4O)c(=O)c(O)c3C(=O)N12. The number of fused-ring (bicyclic) bond motifs is 2. The van der Waals surface area contributed by atoms with Crippen molar-refractivity contribution in [3.8, 4) is 11.5 Å². The number of aromatic nitrogens is 1. The zero-order valence-electron chi connectivity index (χ0n) is 19.6. The Labute approximate surface area is 213 Å². The van der Waals surface area contributed by atoms with Crippen molar-refractivity contribution in [3.05, 3.63) is 51.2 Å². The van der Waals surface area contributed by atoms with Crippen LogP contribution in [-0.2, 0) is 22.6 Å². The highest BCUT2D eigenvalue weighted by Gasteiger charge is 2.41. The Balaban J connectivity index is 1.54. The molecule has 6 N–H and O–H groups in total. The first-order valence-corrected chi connectivity index (χ1v) is 12.3. The van der Waals surface area contributed by atoms with Gasteiger partial charge < -0.3 is 40.6 Å². The number of nitrogens with two attached hydrogens (primary N) is 1. The number of carboxylic acids is 1. The highest BCUT2D eigenvalue weighted by atomic mass is 32.2. The van der Waals surface area contributed by atoms with E-state index in [1.54, 1.807) is 0 Å². The minimum Gasteiger partial charge on any atom is -0.507 e. The number of carboxylic acid groups (broad SMARTS) is 1. The van der Waals surface area contributed by atoms with Crippen molar-refractivity contribution >= 4 is 29.5 Å². The molecule has 37 heavy (non-hydrogen) atoms. The fourth-order valence-electron chi connectivity index (χ4n) is 4.18. The molecule has 198 valence electrons. The molecule has 1 aromatic carbocycles. The van der Waals surface area contributed by atoms with E-state index in [0.29, 0.717) is 13.0 Å². The molecule has 1 saturated heterocycles. The Hall–Kier alpha value is -3.62. The zero-order valence-corrected chi connectivity index (χ0v) is 20.5. The second-order valence-electron chi connectivity index (χ2n) is 8.75. The fraction of sp³-hybridized carbons (Fsp3) is 0.391. The summed E-state index contributed by atoms with van der Waals surface area (Å²) in [6.45, 7) is 2.07. The van der Waals surface area contributed by atoms with Crippen LogP contribution in [0.4, 0.5) is 4.39 Å². The van der Waals surface area contributed by atoms with Crippen LogP contribution in [0.2, 0.25) is 0 Å². The molecular weight excluding hydrogens is 511 g/mol. The van der Waals surface area contributed by atoms with Crippen molar-refractivity contribution in [3.63, 3.8) is 0 Å². The van der Waals surface area contributed by atoms with Gasteiger partial charge >= 0.3 is 5.97 Å². The zero-order chi connectivity index (χ0) is 27.0. The van der Waals surface area contributed by atoms with Crippen molar-refractivity contribution in [2.24, 2.45) is 5.73 Å². The molecule has 2 aliphatic heterocycles. The maximum absolute atomic E-state index is 14.2. The molecule has 2 amide bonds. The molecule has 2 aromatic rings. The van der Waals surface area contributed by atoms with Gasteiger partial charge in [-0.2, -0.15) is 0 Å². The number of nitrogens with zero attached hydrogens (tertiary/aromatic N) is 2. The summed E-state index contributed by atoms with van der Waals surface area (Å²) in [5.41, 5.74) is 3.83. The Morgan fingerprint density at radius 2 is 2.05 bits per heavy atom. The lowest BCUT2D eigenvalue weighted by molar-refractivity contribution is -0.137. The van der Waals surface area contributed by atoms with Crippen LogP contribution in [0.3, 0.4) is 0 Å². The van der Waals surface area contributed by atoms with Gasteiger partial charge in [-0.1, -0.05) is 0 Å². The fourth-order valence-corrected chi connectivity index (χ4v) is 5.10. The monoisotopic (exact) mass is 536 g/mol. The predicted octanol–water partition coefficient (Wildman–Crippen LogP) is 0.423. The summed E-state index contributed by atoms with van der Waals surface area (Å²) >= 11 is 0.827. The standard InChI is InChI=1S/C23H25FN4O8S/c1-10-2-3-36-17-8-27-7-12(19(30)20(31)18(27)22(33)28(10)17)21(32)26-6-11-4-16(13(24)5-15(11)29)37-9-14(25)23(34)35/h4-5,7,10,14,17,29,31H,2-3,6,8-9,25H2,1H3,(H,26,32)(H,34,35). The van der Waals surface area contributed by atoms with Crippen molar-refractivity contribution in [1.82, 2.24) is 14.8 Å². The molecule has 1 aromatic heterocycles. The lowest BCUT2D eigenvalue weighted by Gasteiger charge is -2.44. The maximum Gasteiger partial charge on any atom is 0.321 e. The van der Waals surface area contributed by atoms with Gasteiger partial charge in [0.25, 0.3) is 11.8 Å². The van der Waals surface area contributed by atoms with Gasteiger partial charge in [0.05, 0.1) is 13.2 Å². The predicted molar refractivity (Wildman–Crippen MR) is 128 cm³/mol. The summed E-state index contributed by atoms with van der Waals surface area (Å²) < 4.78 is 21.2. The van der Waals surface area contributed by atoms with E-state index in [9.17, 15) is 33.8 Å². The first-order chi connectivity index (χ1) is 17.5. The summed E-state index contributed by atoms with van der Waals surface area (Å²) in [7, 11) is 0. The number of thioether (sulfide) groups is 1. The van der Waals surface area contributed by atoms with Gasteiger partial charge in [-0.05, 0) is 19.4 Å². The van der Waals surface area contributed by atoms with E-state index in [2.05, 4.69) is 5.32 Å². The number of aromatic hydroxyl groups is 2. The molecular formula is C23H25FN4O8S. The largest absolute Gasteiger partial charge is 0.507 e. The van der Waals surface area contributed by atoms with Crippen LogP contribution in [0.25, 0.3) is 0 Å². The minimum absolute atomic E-state index is 0.00928. The molecule has 1 fully saturated rings. The van der Waals surface area contributed by atoms with Gasteiger partial charge in [0.15, 0.2) is 17.7 Å². The van der Waals surface area contributed by atoms with Gasteiger partial charge in [0.1, 0.15) is 23.2 Å². The third-order valence-corrected chi connectivity index (χ3v) is 7.38. The Bertz CT molecular complexity index is 1330. The Kier molecular flexibility index (Phi) is 7.43. The molecule has 3 unspecified atom stereocenters. The first kappa shape index (κ1) is 26.4. The summed E-state index contributed by atoms with van der Waals surface area (Å²) in [6.07, 6.45) is 1.17. The van der Waals surface area contributed by atoms with Crippen molar-refractivity contribution < 1.29 is 38.8 Å². The lowest BCUT2D eigenvalue weighted by atomic mass is 10.1. The topological polar surface area (TPSA) is 184 Å². The second kappa shape index (κ2) is 10.4. The number of aliphatic carboxylic acids is 1. The highest BCUT2D eigenvalue weighted by molar-refractivity contribution is 7.99. The van der Waals surface area contributed by atoms with Crippen LogP contribution < -0.4 is 16.5 Å². The van der Waals surface area contributed by atoms with Crippen LogP contribution >= 0.6 is 11.8 Å². The maximum atomic E-state index is 14.2. The molecule has 12 nitrogen and oxygen atoms in total. The van der Waals surface area contributed by atoms with E-state index in [1.807, 2.05) is 6.92 Å². The number of nitrogens with one attached hydrogen (secondary N) is 1. The van der Waals surface area contributed by atoms with E-state index < -0.39 is 58.4 Å². The normalized spacial score (nSPS) is 19.6. The Morgan fingerprint density at radius 1 is 1.32 bits per heavy atom. The summed E-state index contributed by atoms with van der Waals surface area (Å²) in [5, 5.41) is 31.9. The molecule has 3 atom stereocenters. The molecule has 0 aliphatic carbocycles. The Morgan fingerprint density at radius 3 is 2.76 bits per heavy atom. The van der Waals surface area contributed by atoms with Gasteiger partial charge in [-0.15, -0.1) is 11.8 Å². The summed E-state index contributed by atoms with van der Waals surface area (Å²) in [6, 6.07) is 0.671. The molecule has 0 bridgehead atoms. The number of hydrogen-bond donors (Lipinski definition) is 5. The van der Waals surface area contributed by atoms with E-state index in [0.717, 1.165) is 17.8 Å². The van der Waals surface area contributed by atoms with Crippen LogP contribution in [0.5, 0.6) is 11.5 Å². The van der Waals surface area contributed by atoms with Crippen LogP contribution in [0, 0.1) is 5.82 Å². The van der Waals surface area contributed by atoms with Gasteiger partial charge in [0, 0.05) is 41.1 Å². The number of phenols is 1. The number of benzene rings is 1. The quantitative estimate of drug-likeness (QED) is 0.311. The van der Waals surface area contributed by atoms with Crippen molar-refractivity contribution in [2.45, 2.75) is 49.6 Å². The van der Waals surface area contributed by atoms with Gasteiger partial charge in [0.2, 0.25) is 5.43 Å². The molecule has 3 heterocycles. The number of rotatable bonds is 7. The van der Waals surface area contributed by atoms with Crippen LogP contribution in [0.1, 0.15) is 39.8 Å². The molecule has 4 rings (SSSR count). The smallest absolute Gasteiger partial charge is 0.321 e. The number of halogens is 1. The van der Waals surface area contributed by atoms with Gasteiger partial charge in [-0.3, -0.25) is 19.2 Å². The number of phenolic OH excluding ortho intramolecular Hbond substituents is 1. The number of pyridine rings is 1. The molecule has 0 saturated carbocycles. The highest BCUT2D eigenvalue weighted by Crippen LogP contribution is 2.30. The van der Waals surface area contributed by atoms with E-state index in [1.165, 1.54) is 21.7 Å². The summed E-state index contributed by atoms with van der Waals surface area (Å²) in [5.74, 6) is -4.98. The first-order valence-electron chi connectivity index (χ1n) is 11.3. The van der Waals surface area contributed by atoms with E-state index in [4.69, 9.17) is 15.6 Å². The van der Waals surface area contributed by atoms with Gasteiger partial charge in [-0.25, -0.2) is 4.39 Å². The van der Waals surface area contributed by atoms with E-state index in [-0.39, 0.29) is 41.0 Å². The minimum atomic E-state index is -1.25. The third-order valence-electron chi connectivity index (χ3n) is 6.23. The number of carbonyl (C=O) groups excluding carboxylic acids is 2. The molecule has 2 aliphatic rings. The lowest BCUT2D eigenvalue weighted by Crippen LogP contribution is -2.57. The second-order valence-corrected chi connectivity index (χ2v) is 9.81. The molecule has 0 radical (unpaired) electrons. The van der Waals surface area contributed by atoms with Crippen LogP contribution in [-0.4, -0.2) is 73.2 Å². The summed E-state index contributed by atoms with van der Waals surface area (Å²) in [4.78, 5) is 50.9. The average molecular weight is 537 g/mol. The number of hydrogen-bond acceptors (Lipinski definition) is 9. The molecule has 14 heteroatoms. The van der Waals surface area contributed by atoms with E-state index >= 15 is 0 Å². The molecule has 0 spiro atoms. The third kappa shape index (κ3) is 5.12. The van der Waals surface area contributed by atoms with Crippen LogP contribution in [0.15, 0.2) is 28.0 Å². The van der Waals surface area contributed by atoms with Crippen molar-refractivity contribution in [2.75, 3.05) is 12.4 Å². The van der Waals surface area contributed by atoms with Crippen molar-refractivity contribution in [1.29, 1.82) is 0 Å². The number of carbonyl (C=O) groups is 3.